The number of urea groups is 1. The molecule has 142 valence electrons. The second-order valence-corrected chi connectivity index (χ2v) is 7.70. The maximum absolute atomic E-state index is 12.7. The van der Waals surface area contributed by atoms with Gasteiger partial charge in [0.05, 0.1) is 12.6 Å². The molecule has 2 unspecified atom stereocenters. The van der Waals surface area contributed by atoms with Crippen molar-refractivity contribution in [2.75, 3.05) is 26.7 Å². The number of halogens is 1. The Bertz CT molecular complexity index is 682. The van der Waals surface area contributed by atoms with E-state index < -0.39 is 5.97 Å². The van der Waals surface area contributed by atoms with Crippen LogP contribution in [0.25, 0.3) is 0 Å². The fourth-order valence-electron chi connectivity index (χ4n) is 4.04. The first kappa shape index (κ1) is 19.0. The van der Waals surface area contributed by atoms with E-state index in [0.29, 0.717) is 13.1 Å². The topological polar surface area (TPSA) is 72.9 Å². The first-order valence-corrected chi connectivity index (χ1v) is 9.57. The van der Waals surface area contributed by atoms with Gasteiger partial charge in [0, 0.05) is 24.2 Å². The predicted molar refractivity (Wildman–Crippen MR) is 101 cm³/mol. The lowest BCUT2D eigenvalue weighted by Gasteiger charge is -2.26. The number of aliphatic carboxylic acids is 1. The number of hydrogen-bond acceptors (Lipinski definition) is 3. The minimum absolute atomic E-state index is 0.0284. The summed E-state index contributed by atoms with van der Waals surface area (Å²) in [4.78, 5) is 27.4. The van der Waals surface area contributed by atoms with Gasteiger partial charge >= 0.3 is 12.0 Å². The number of carbonyl (C=O) groups excluding carboxylic acids is 1. The number of carboxylic acid groups (broad SMARTS) is 1. The lowest BCUT2D eigenvalue weighted by molar-refractivity contribution is -0.138. The molecule has 2 atom stereocenters. The van der Waals surface area contributed by atoms with Crippen LogP contribution >= 0.6 is 11.6 Å². The molecule has 0 bridgehead atoms. The summed E-state index contributed by atoms with van der Waals surface area (Å²) in [6.45, 7) is 1.41. The number of benzene rings is 1. The van der Waals surface area contributed by atoms with Crippen molar-refractivity contribution in [3.63, 3.8) is 0 Å². The van der Waals surface area contributed by atoms with Crippen LogP contribution in [0.4, 0.5) is 4.79 Å². The first-order valence-electron chi connectivity index (χ1n) is 9.20. The van der Waals surface area contributed by atoms with Crippen molar-refractivity contribution in [3.8, 4) is 0 Å². The van der Waals surface area contributed by atoms with E-state index in [1.807, 2.05) is 35.0 Å². The highest BCUT2D eigenvalue weighted by atomic mass is 35.5. The molecule has 1 saturated heterocycles. The van der Waals surface area contributed by atoms with E-state index in [0.717, 1.165) is 42.7 Å². The summed E-state index contributed by atoms with van der Waals surface area (Å²) in [5.41, 5.74) is 2.38. The summed E-state index contributed by atoms with van der Waals surface area (Å²) in [7, 11) is 1.84. The molecule has 1 fully saturated rings. The molecule has 1 aromatic rings. The highest BCUT2D eigenvalue weighted by molar-refractivity contribution is 6.30. The number of aryl methyl sites for hydroxylation is 1. The molecule has 2 N–H and O–H groups in total. The zero-order valence-electron chi connectivity index (χ0n) is 15.1. The van der Waals surface area contributed by atoms with Crippen LogP contribution in [-0.4, -0.2) is 59.6 Å². The van der Waals surface area contributed by atoms with Crippen LogP contribution < -0.4 is 5.32 Å². The fraction of sp³-hybridized carbons (Fsp3) is 0.579. The maximum Gasteiger partial charge on any atom is 0.317 e. The van der Waals surface area contributed by atoms with E-state index in [2.05, 4.69) is 5.32 Å². The van der Waals surface area contributed by atoms with Gasteiger partial charge in [-0.3, -0.25) is 9.69 Å². The number of fused-ring (bicyclic) bond motifs is 1. The van der Waals surface area contributed by atoms with Crippen molar-refractivity contribution in [2.24, 2.45) is 0 Å². The van der Waals surface area contributed by atoms with E-state index in [9.17, 15) is 9.59 Å². The van der Waals surface area contributed by atoms with Gasteiger partial charge in [0.25, 0.3) is 0 Å². The Balaban J connectivity index is 1.56. The van der Waals surface area contributed by atoms with Gasteiger partial charge in [0.15, 0.2) is 0 Å². The van der Waals surface area contributed by atoms with Gasteiger partial charge in [-0.2, -0.15) is 0 Å². The standard InChI is InChI=1S/C19H26ClN3O3/c1-22(12-18(24)25)15-3-2-9-23(10-8-15)19(26)21-17-7-4-13-11-14(20)5-6-16(13)17/h5-6,11,15,17H,2-4,7-10,12H2,1H3,(H,21,26)(H,24,25). The van der Waals surface area contributed by atoms with Gasteiger partial charge in [0.1, 0.15) is 0 Å². The molecule has 6 nitrogen and oxygen atoms in total. The first-order chi connectivity index (χ1) is 12.4. The van der Waals surface area contributed by atoms with Gasteiger partial charge < -0.3 is 15.3 Å². The van der Waals surface area contributed by atoms with E-state index in [1.165, 1.54) is 5.56 Å². The van der Waals surface area contributed by atoms with Gasteiger partial charge in [-0.05, 0) is 62.4 Å². The molecule has 2 aliphatic rings. The van der Waals surface area contributed by atoms with Crippen LogP contribution in [-0.2, 0) is 11.2 Å². The number of likely N-dealkylation sites (N-methyl/N-ethyl adjacent to an activating group) is 1. The number of likely N-dealkylation sites (tertiary alicyclic amines) is 1. The van der Waals surface area contributed by atoms with Crippen LogP contribution in [0.1, 0.15) is 42.9 Å². The molecular formula is C19H26ClN3O3. The van der Waals surface area contributed by atoms with Crippen molar-refractivity contribution in [3.05, 3.63) is 34.3 Å². The number of carboxylic acids is 1. The Morgan fingerprint density at radius 2 is 2.12 bits per heavy atom. The monoisotopic (exact) mass is 379 g/mol. The van der Waals surface area contributed by atoms with Crippen LogP contribution in [0, 0.1) is 0 Å². The second kappa shape index (κ2) is 8.27. The Labute approximate surface area is 159 Å². The third-order valence-electron chi connectivity index (χ3n) is 5.47. The second-order valence-electron chi connectivity index (χ2n) is 7.26. The number of carbonyl (C=O) groups is 2. The molecule has 0 radical (unpaired) electrons. The van der Waals surface area contributed by atoms with Crippen molar-refractivity contribution in [1.82, 2.24) is 15.1 Å². The quantitative estimate of drug-likeness (QED) is 0.843. The summed E-state index contributed by atoms with van der Waals surface area (Å²) in [5, 5.41) is 12.9. The number of nitrogens with zero attached hydrogens (tertiary/aromatic N) is 2. The Hall–Kier alpha value is -1.79. The summed E-state index contributed by atoms with van der Waals surface area (Å²) in [6.07, 6.45) is 4.44. The van der Waals surface area contributed by atoms with Gasteiger partial charge in [-0.15, -0.1) is 0 Å². The Morgan fingerprint density at radius 3 is 2.88 bits per heavy atom. The average molecular weight is 380 g/mol. The highest BCUT2D eigenvalue weighted by Crippen LogP contribution is 2.33. The molecule has 0 aromatic heterocycles. The minimum atomic E-state index is -0.814. The molecule has 1 heterocycles. The smallest absolute Gasteiger partial charge is 0.317 e. The zero-order chi connectivity index (χ0) is 18.7. The van der Waals surface area contributed by atoms with Gasteiger partial charge in [-0.1, -0.05) is 17.7 Å². The molecule has 26 heavy (non-hydrogen) atoms. The molecule has 1 aliphatic heterocycles. The van der Waals surface area contributed by atoms with E-state index in [1.54, 1.807) is 0 Å². The molecule has 7 heteroatoms. The SMILES string of the molecule is CN(CC(=O)O)C1CCCN(C(=O)NC2CCc3cc(Cl)ccc32)CC1. The molecule has 0 saturated carbocycles. The summed E-state index contributed by atoms with van der Waals surface area (Å²) in [6, 6.07) is 6.09. The summed E-state index contributed by atoms with van der Waals surface area (Å²) < 4.78 is 0. The lowest BCUT2D eigenvalue weighted by Crippen LogP contribution is -2.42. The van der Waals surface area contributed by atoms with E-state index in [-0.39, 0.29) is 24.7 Å². The third kappa shape index (κ3) is 4.48. The Morgan fingerprint density at radius 1 is 1.31 bits per heavy atom. The fourth-order valence-corrected chi connectivity index (χ4v) is 4.24. The van der Waals surface area contributed by atoms with E-state index in [4.69, 9.17) is 16.7 Å². The zero-order valence-corrected chi connectivity index (χ0v) is 15.8. The molecule has 1 aliphatic carbocycles. The van der Waals surface area contributed by atoms with Crippen molar-refractivity contribution in [1.29, 1.82) is 0 Å². The number of rotatable bonds is 4. The van der Waals surface area contributed by atoms with Crippen LogP contribution in [0.2, 0.25) is 5.02 Å². The average Bonchev–Trinajstić information content (AvgIpc) is 2.81. The minimum Gasteiger partial charge on any atom is -0.480 e. The van der Waals surface area contributed by atoms with Crippen molar-refractivity contribution < 1.29 is 14.7 Å². The van der Waals surface area contributed by atoms with E-state index >= 15 is 0 Å². The summed E-state index contributed by atoms with van der Waals surface area (Å²) >= 11 is 6.05. The van der Waals surface area contributed by atoms with Gasteiger partial charge in [-0.25, -0.2) is 4.79 Å². The van der Waals surface area contributed by atoms with Crippen molar-refractivity contribution >= 4 is 23.6 Å². The van der Waals surface area contributed by atoms with Gasteiger partial charge in [0.2, 0.25) is 0 Å². The molecule has 0 spiro atoms. The number of amides is 2. The predicted octanol–water partition coefficient (Wildman–Crippen LogP) is 2.91. The number of hydrogen-bond donors (Lipinski definition) is 2. The molecule has 2 amide bonds. The summed E-state index contributed by atoms with van der Waals surface area (Å²) in [5.74, 6) is -0.814. The van der Waals surface area contributed by atoms with Crippen LogP contribution in [0.3, 0.4) is 0 Å². The largest absolute Gasteiger partial charge is 0.480 e. The third-order valence-corrected chi connectivity index (χ3v) is 5.71. The molecule has 3 rings (SSSR count). The Kier molecular flexibility index (Phi) is 6.04. The number of nitrogens with one attached hydrogen (secondary N) is 1. The highest BCUT2D eigenvalue weighted by Gasteiger charge is 2.28. The van der Waals surface area contributed by atoms with Crippen LogP contribution in [0.15, 0.2) is 18.2 Å². The maximum atomic E-state index is 12.7. The molecule has 1 aromatic carbocycles. The molecular weight excluding hydrogens is 354 g/mol. The lowest BCUT2D eigenvalue weighted by atomic mass is 10.1. The van der Waals surface area contributed by atoms with Crippen molar-refractivity contribution in [2.45, 2.75) is 44.2 Å². The van der Waals surface area contributed by atoms with Crippen LogP contribution in [0.5, 0.6) is 0 Å². The normalized spacial score (nSPS) is 22.8.